The van der Waals surface area contributed by atoms with E-state index in [1.54, 1.807) is 12.1 Å². The van der Waals surface area contributed by atoms with Crippen LogP contribution in [0.1, 0.15) is 32.4 Å². The average Bonchev–Trinajstić information content (AvgIpc) is 2.58. The molecule has 0 spiro atoms. The molecule has 25 heavy (non-hydrogen) atoms. The second-order valence-corrected chi connectivity index (χ2v) is 6.64. The van der Waals surface area contributed by atoms with Crippen molar-refractivity contribution in [3.63, 3.8) is 0 Å². The van der Waals surface area contributed by atoms with Gasteiger partial charge in [-0.3, -0.25) is 0 Å². The first-order valence-electron chi connectivity index (χ1n) is 7.79. The van der Waals surface area contributed by atoms with Crippen molar-refractivity contribution in [3.8, 4) is 23.3 Å². The molecule has 134 valence electrons. The summed E-state index contributed by atoms with van der Waals surface area (Å²) in [4.78, 5) is 12.1. The summed E-state index contributed by atoms with van der Waals surface area (Å²) >= 11 is 0. The molecular weight excluding hydrogens is 322 g/mol. The number of nitrogens with one attached hydrogen (secondary N) is 2. The Bertz CT molecular complexity index is 732. The molecule has 2 amide bonds. The number of nitrogens with zero attached hydrogens (tertiary/aromatic N) is 1. The van der Waals surface area contributed by atoms with Crippen LogP contribution in [0.2, 0.25) is 0 Å². The molecule has 2 N–H and O–H groups in total. The molecular formula is C18H23N3O4. The minimum absolute atomic E-state index is 0.359. The van der Waals surface area contributed by atoms with Crippen LogP contribution in [0.3, 0.4) is 0 Å². The van der Waals surface area contributed by atoms with E-state index in [1.807, 2.05) is 20.8 Å². The number of urea groups is 1. The van der Waals surface area contributed by atoms with E-state index in [0.29, 0.717) is 34.1 Å². The number of methoxy groups -OCH3 is 3. The predicted octanol–water partition coefficient (Wildman–Crippen LogP) is 2.89. The van der Waals surface area contributed by atoms with Crippen molar-refractivity contribution in [1.82, 2.24) is 10.6 Å². The maximum atomic E-state index is 12.1. The van der Waals surface area contributed by atoms with Crippen molar-refractivity contribution in [2.24, 2.45) is 5.41 Å². The molecule has 1 aromatic rings. The van der Waals surface area contributed by atoms with E-state index in [1.165, 1.54) is 21.3 Å². The lowest BCUT2D eigenvalue weighted by Crippen LogP contribution is -2.46. The van der Waals surface area contributed by atoms with Gasteiger partial charge >= 0.3 is 6.03 Å². The monoisotopic (exact) mass is 345 g/mol. The number of hydrogen-bond donors (Lipinski definition) is 2. The molecule has 1 atom stereocenters. The van der Waals surface area contributed by atoms with Gasteiger partial charge in [-0.15, -0.1) is 0 Å². The molecule has 1 aliphatic heterocycles. The summed E-state index contributed by atoms with van der Waals surface area (Å²) in [6.45, 7) is 5.83. The van der Waals surface area contributed by atoms with Crippen LogP contribution in [0, 0.1) is 16.7 Å². The van der Waals surface area contributed by atoms with Gasteiger partial charge in [-0.25, -0.2) is 4.79 Å². The average molecular weight is 345 g/mol. The topological polar surface area (TPSA) is 92.6 Å². The highest BCUT2D eigenvalue weighted by Gasteiger charge is 2.34. The van der Waals surface area contributed by atoms with Crippen LogP contribution in [0.5, 0.6) is 17.2 Å². The van der Waals surface area contributed by atoms with Gasteiger partial charge in [0.2, 0.25) is 5.75 Å². The van der Waals surface area contributed by atoms with Gasteiger partial charge in [0.05, 0.1) is 39.0 Å². The van der Waals surface area contributed by atoms with Crippen LogP contribution in [0.15, 0.2) is 23.4 Å². The first-order valence-corrected chi connectivity index (χ1v) is 7.79. The van der Waals surface area contributed by atoms with Crippen molar-refractivity contribution in [1.29, 1.82) is 5.26 Å². The molecule has 2 rings (SSSR count). The Morgan fingerprint density at radius 2 is 1.64 bits per heavy atom. The Hall–Kier alpha value is -2.88. The van der Waals surface area contributed by atoms with E-state index < -0.39 is 6.04 Å². The Kier molecular flexibility index (Phi) is 5.12. The minimum Gasteiger partial charge on any atom is -0.493 e. The summed E-state index contributed by atoms with van der Waals surface area (Å²) in [6.07, 6.45) is 0. The van der Waals surface area contributed by atoms with E-state index in [2.05, 4.69) is 16.7 Å². The molecule has 0 aromatic heterocycles. The Morgan fingerprint density at radius 1 is 1.08 bits per heavy atom. The second kappa shape index (κ2) is 6.93. The molecule has 0 aliphatic carbocycles. The summed E-state index contributed by atoms with van der Waals surface area (Å²) < 4.78 is 16.1. The van der Waals surface area contributed by atoms with Crippen LogP contribution >= 0.6 is 0 Å². The summed E-state index contributed by atoms with van der Waals surface area (Å²) in [5, 5.41) is 15.3. The summed E-state index contributed by atoms with van der Waals surface area (Å²) in [6, 6.07) is 4.72. The van der Waals surface area contributed by atoms with Crippen LogP contribution in [0.25, 0.3) is 0 Å². The molecule has 1 aliphatic rings. The van der Waals surface area contributed by atoms with Crippen LogP contribution in [-0.4, -0.2) is 27.4 Å². The van der Waals surface area contributed by atoms with Crippen LogP contribution in [-0.2, 0) is 0 Å². The van der Waals surface area contributed by atoms with Gasteiger partial charge in [-0.05, 0) is 17.7 Å². The summed E-state index contributed by atoms with van der Waals surface area (Å²) in [7, 11) is 4.55. The van der Waals surface area contributed by atoms with Crippen LogP contribution in [0.4, 0.5) is 4.79 Å². The molecule has 1 heterocycles. The largest absolute Gasteiger partial charge is 0.493 e. The summed E-state index contributed by atoms with van der Waals surface area (Å²) in [5.41, 5.74) is 1.32. The Labute approximate surface area is 147 Å². The lowest BCUT2D eigenvalue weighted by molar-refractivity contribution is 0.235. The number of ether oxygens (including phenoxy) is 3. The standard InChI is InChI=1S/C18H23N3O4/c1-18(2,3)16-11(9-19)14(20-17(22)21-16)10-7-12(23-4)15(25-6)13(8-10)24-5/h7-8,14H,1-6H3,(H2,20,21,22)/t14-/m0/s1. The van der Waals surface area contributed by atoms with Crippen molar-refractivity contribution in [3.05, 3.63) is 29.0 Å². The lowest BCUT2D eigenvalue weighted by atomic mass is 9.84. The van der Waals surface area contributed by atoms with E-state index in [4.69, 9.17) is 14.2 Å². The maximum absolute atomic E-state index is 12.1. The number of allylic oxidation sites excluding steroid dienone is 1. The zero-order valence-corrected chi connectivity index (χ0v) is 15.3. The molecule has 7 heteroatoms. The highest BCUT2D eigenvalue weighted by molar-refractivity contribution is 5.80. The van der Waals surface area contributed by atoms with Gasteiger partial charge in [0.25, 0.3) is 0 Å². The van der Waals surface area contributed by atoms with E-state index in [0.717, 1.165) is 0 Å². The van der Waals surface area contributed by atoms with Gasteiger partial charge in [-0.2, -0.15) is 5.26 Å². The normalized spacial score (nSPS) is 17.3. The SMILES string of the molecule is COc1cc([C@@H]2NC(=O)NC(C(C)(C)C)=C2C#N)cc(OC)c1OC. The smallest absolute Gasteiger partial charge is 0.319 e. The zero-order valence-electron chi connectivity index (χ0n) is 15.3. The van der Waals surface area contributed by atoms with Gasteiger partial charge in [0.15, 0.2) is 11.5 Å². The lowest BCUT2D eigenvalue weighted by Gasteiger charge is -2.33. The highest BCUT2D eigenvalue weighted by atomic mass is 16.5. The van der Waals surface area contributed by atoms with Gasteiger partial charge in [-0.1, -0.05) is 20.8 Å². The molecule has 0 saturated carbocycles. The highest BCUT2D eigenvalue weighted by Crippen LogP contribution is 2.42. The fraction of sp³-hybridized carbons (Fsp3) is 0.444. The first-order chi connectivity index (χ1) is 11.8. The number of carbonyl (C=O) groups excluding carboxylic acids is 1. The van der Waals surface area contributed by atoms with E-state index in [9.17, 15) is 10.1 Å². The third-order valence-corrected chi connectivity index (χ3v) is 3.96. The number of carbonyl (C=O) groups is 1. The fourth-order valence-corrected chi connectivity index (χ4v) is 2.79. The van der Waals surface area contributed by atoms with E-state index in [-0.39, 0.29) is 11.4 Å². The van der Waals surface area contributed by atoms with Crippen LogP contribution < -0.4 is 24.8 Å². The molecule has 0 radical (unpaired) electrons. The summed E-state index contributed by atoms with van der Waals surface area (Å²) in [5.74, 6) is 1.37. The molecule has 0 fully saturated rings. The van der Waals surface area contributed by atoms with Gasteiger partial charge < -0.3 is 24.8 Å². The maximum Gasteiger partial charge on any atom is 0.319 e. The number of nitriles is 1. The van der Waals surface area contributed by atoms with Crippen molar-refractivity contribution in [2.45, 2.75) is 26.8 Å². The quantitative estimate of drug-likeness (QED) is 0.875. The Morgan fingerprint density at radius 3 is 2.04 bits per heavy atom. The predicted molar refractivity (Wildman–Crippen MR) is 92.6 cm³/mol. The second-order valence-electron chi connectivity index (χ2n) is 6.64. The van der Waals surface area contributed by atoms with Crippen molar-refractivity contribution < 1.29 is 19.0 Å². The number of hydrogen-bond acceptors (Lipinski definition) is 5. The number of amides is 2. The van der Waals surface area contributed by atoms with E-state index >= 15 is 0 Å². The first kappa shape index (κ1) is 18.5. The van der Waals surface area contributed by atoms with Gasteiger partial charge in [0, 0.05) is 11.1 Å². The number of rotatable bonds is 4. The van der Waals surface area contributed by atoms with Crippen molar-refractivity contribution >= 4 is 6.03 Å². The molecule has 0 unspecified atom stereocenters. The minimum atomic E-state index is -0.610. The molecule has 1 aromatic carbocycles. The third kappa shape index (κ3) is 3.48. The Balaban J connectivity index is 2.67. The van der Waals surface area contributed by atoms with Gasteiger partial charge in [0.1, 0.15) is 0 Å². The molecule has 7 nitrogen and oxygen atoms in total. The third-order valence-electron chi connectivity index (χ3n) is 3.96. The zero-order chi connectivity index (χ0) is 18.8. The molecule has 0 saturated heterocycles. The van der Waals surface area contributed by atoms with Crippen molar-refractivity contribution in [2.75, 3.05) is 21.3 Å². The fourth-order valence-electron chi connectivity index (χ4n) is 2.79. The molecule has 0 bridgehead atoms. The number of benzene rings is 1.